The van der Waals surface area contributed by atoms with Crippen molar-refractivity contribution in [3.63, 3.8) is 0 Å². The van der Waals surface area contributed by atoms with Gasteiger partial charge in [0.25, 0.3) is 5.91 Å². The van der Waals surface area contributed by atoms with Crippen LogP contribution >= 0.6 is 0 Å². The molecule has 0 atom stereocenters. The summed E-state index contributed by atoms with van der Waals surface area (Å²) in [5.41, 5.74) is 0.844. The van der Waals surface area contributed by atoms with Crippen LogP contribution in [0.3, 0.4) is 0 Å². The van der Waals surface area contributed by atoms with E-state index < -0.39 is 0 Å². The quantitative estimate of drug-likeness (QED) is 0.831. The molecule has 1 aromatic rings. The molecule has 2 rings (SSSR count). The summed E-state index contributed by atoms with van der Waals surface area (Å²) in [6.45, 7) is 5.62. The molecular formula is C14H19N5O. The fourth-order valence-electron chi connectivity index (χ4n) is 2.11. The van der Waals surface area contributed by atoms with Gasteiger partial charge < -0.3 is 10.2 Å². The third-order valence-corrected chi connectivity index (χ3v) is 3.42. The summed E-state index contributed by atoms with van der Waals surface area (Å²) in [7, 11) is 1.78. The van der Waals surface area contributed by atoms with Gasteiger partial charge in [0.05, 0.1) is 5.56 Å². The van der Waals surface area contributed by atoms with Gasteiger partial charge in [-0.25, -0.2) is 4.98 Å². The van der Waals surface area contributed by atoms with Gasteiger partial charge in [0.1, 0.15) is 11.8 Å². The molecule has 2 heterocycles. The molecule has 6 heteroatoms. The Morgan fingerprint density at radius 3 is 2.85 bits per heavy atom. The number of carbonyl (C=O) groups excluding carboxylic acids is 1. The Hall–Kier alpha value is -1.97. The maximum atomic E-state index is 12.2. The van der Waals surface area contributed by atoms with Gasteiger partial charge in [0, 0.05) is 52.5 Å². The van der Waals surface area contributed by atoms with Gasteiger partial charge >= 0.3 is 0 Å². The van der Waals surface area contributed by atoms with Crippen molar-refractivity contribution in [2.24, 2.45) is 0 Å². The first kappa shape index (κ1) is 14.4. The maximum Gasteiger partial charge on any atom is 0.272 e. The lowest BCUT2D eigenvalue weighted by molar-refractivity contribution is 0.0769. The minimum atomic E-state index is -0.107. The Balaban J connectivity index is 1.85. The van der Waals surface area contributed by atoms with Crippen LogP contribution in [0, 0.1) is 11.3 Å². The predicted octanol–water partition coefficient (Wildman–Crippen LogP) is -0.0695. The van der Waals surface area contributed by atoms with Crippen molar-refractivity contribution in [1.29, 1.82) is 5.26 Å². The molecule has 1 fully saturated rings. The normalized spacial score (nSPS) is 15.6. The number of likely N-dealkylation sites (N-methyl/N-ethyl adjacent to an activating group) is 1. The average Bonchev–Trinajstić information content (AvgIpc) is 2.53. The van der Waals surface area contributed by atoms with Crippen molar-refractivity contribution in [2.75, 3.05) is 46.3 Å². The highest BCUT2D eigenvalue weighted by atomic mass is 16.2. The predicted molar refractivity (Wildman–Crippen MR) is 75.2 cm³/mol. The summed E-state index contributed by atoms with van der Waals surface area (Å²) in [6, 6.07) is 5.21. The zero-order valence-electron chi connectivity index (χ0n) is 11.7. The lowest BCUT2D eigenvalue weighted by Crippen LogP contribution is -2.46. The first-order valence-corrected chi connectivity index (χ1v) is 6.75. The molecule has 0 aliphatic carbocycles. The van der Waals surface area contributed by atoms with Crippen LogP contribution in [0.1, 0.15) is 16.1 Å². The maximum absolute atomic E-state index is 12.2. The number of nitrogens with one attached hydrogen (secondary N) is 1. The van der Waals surface area contributed by atoms with Gasteiger partial charge in [0.2, 0.25) is 0 Å². The number of amides is 1. The van der Waals surface area contributed by atoms with Gasteiger partial charge in [-0.15, -0.1) is 0 Å². The van der Waals surface area contributed by atoms with Crippen molar-refractivity contribution in [1.82, 2.24) is 20.1 Å². The van der Waals surface area contributed by atoms with Crippen LogP contribution in [0.25, 0.3) is 0 Å². The lowest BCUT2D eigenvalue weighted by Gasteiger charge is -2.29. The van der Waals surface area contributed by atoms with E-state index in [1.54, 1.807) is 24.1 Å². The minimum absolute atomic E-state index is 0.107. The van der Waals surface area contributed by atoms with Gasteiger partial charge in [-0.2, -0.15) is 5.26 Å². The van der Waals surface area contributed by atoms with Gasteiger partial charge in [-0.3, -0.25) is 9.69 Å². The van der Waals surface area contributed by atoms with E-state index in [0.29, 0.717) is 17.8 Å². The van der Waals surface area contributed by atoms with Crippen molar-refractivity contribution in [3.05, 3.63) is 29.6 Å². The van der Waals surface area contributed by atoms with Gasteiger partial charge in [-0.1, -0.05) is 0 Å². The van der Waals surface area contributed by atoms with E-state index >= 15 is 0 Å². The molecule has 0 radical (unpaired) electrons. The number of rotatable bonds is 4. The van der Waals surface area contributed by atoms with Crippen LogP contribution in [-0.4, -0.2) is 67.0 Å². The topological polar surface area (TPSA) is 72.3 Å². The average molecular weight is 273 g/mol. The summed E-state index contributed by atoms with van der Waals surface area (Å²) in [6.07, 6.45) is 1.43. The molecule has 0 bridgehead atoms. The first-order valence-electron chi connectivity index (χ1n) is 6.75. The molecule has 1 amide bonds. The number of hydrogen-bond donors (Lipinski definition) is 1. The van der Waals surface area contributed by atoms with Crippen LogP contribution in [-0.2, 0) is 0 Å². The van der Waals surface area contributed by atoms with Crippen LogP contribution in [0.15, 0.2) is 18.3 Å². The Labute approximate surface area is 119 Å². The van der Waals surface area contributed by atoms with Crippen molar-refractivity contribution in [2.45, 2.75) is 0 Å². The van der Waals surface area contributed by atoms with E-state index in [2.05, 4.69) is 15.2 Å². The lowest BCUT2D eigenvalue weighted by atomic mass is 10.2. The molecule has 1 aliphatic heterocycles. The first-order chi connectivity index (χ1) is 9.70. The van der Waals surface area contributed by atoms with Crippen molar-refractivity contribution in [3.8, 4) is 6.07 Å². The molecule has 1 aromatic heterocycles. The highest BCUT2D eigenvalue weighted by molar-refractivity contribution is 5.92. The Kier molecular flexibility index (Phi) is 5.04. The molecular weight excluding hydrogens is 254 g/mol. The van der Waals surface area contributed by atoms with Crippen molar-refractivity contribution >= 4 is 5.91 Å². The van der Waals surface area contributed by atoms with Crippen LogP contribution in [0.5, 0.6) is 0 Å². The smallest absolute Gasteiger partial charge is 0.272 e. The third-order valence-electron chi connectivity index (χ3n) is 3.42. The summed E-state index contributed by atoms with van der Waals surface area (Å²) >= 11 is 0. The van der Waals surface area contributed by atoms with E-state index in [-0.39, 0.29) is 5.91 Å². The van der Waals surface area contributed by atoms with Crippen molar-refractivity contribution < 1.29 is 4.79 Å². The molecule has 0 spiro atoms. The molecule has 1 aliphatic rings. The van der Waals surface area contributed by atoms with E-state index in [9.17, 15) is 4.79 Å². The second kappa shape index (κ2) is 6.98. The molecule has 6 nitrogen and oxygen atoms in total. The second-order valence-corrected chi connectivity index (χ2v) is 4.86. The molecule has 1 saturated heterocycles. The number of nitrogens with zero attached hydrogens (tertiary/aromatic N) is 4. The second-order valence-electron chi connectivity index (χ2n) is 4.86. The Bertz CT molecular complexity index is 487. The minimum Gasteiger partial charge on any atom is -0.339 e. The molecule has 0 saturated carbocycles. The third kappa shape index (κ3) is 3.76. The fraction of sp³-hybridized carbons (Fsp3) is 0.500. The summed E-state index contributed by atoms with van der Waals surface area (Å²) in [5.74, 6) is -0.107. The van der Waals surface area contributed by atoms with Crippen LogP contribution in [0.4, 0.5) is 0 Å². The number of aromatic nitrogens is 1. The largest absolute Gasteiger partial charge is 0.339 e. The van der Waals surface area contributed by atoms with Crippen LogP contribution in [0.2, 0.25) is 0 Å². The molecule has 20 heavy (non-hydrogen) atoms. The molecule has 1 N–H and O–H groups in total. The summed E-state index contributed by atoms with van der Waals surface area (Å²) in [5, 5.41) is 12.0. The van der Waals surface area contributed by atoms with E-state index in [1.807, 2.05) is 6.07 Å². The Morgan fingerprint density at radius 1 is 1.50 bits per heavy atom. The SMILES string of the molecule is CN(CCN1CCNCC1)C(=O)c1ccc(C#N)cn1. The molecule has 0 unspecified atom stereocenters. The molecule has 106 valence electrons. The van der Waals surface area contributed by atoms with E-state index in [4.69, 9.17) is 5.26 Å². The highest BCUT2D eigenvalue weighted by Gasteiger charge is 2.15. The zero-order chi connectivity index (χ0) is 14.4. The van der Waals surface area contributed by atoms with E-state index in [1.165, 1.54) is 6.20 Å². The van der Waals surface area contributed by atoms with Gasteiger partial charge in [-0.05, 0) is 12.1 Å². The monoisotopic (exact) mass is 273 g/mol. The summed E-state index contributed by atoms with van der Waals surface area (Å²) < 4.78 is 0. The van der Waals surface area contributed by atoms with Gasteiger partial charge in [0.15, 0.2) is 0 Å². The number of pyridine rings is 1. The highest BCUT2D eigenvalue weighted by Crippen LogP contribution is 2.03. The standard InChI is InChI=1S/C14H19N5O/c1-18(8-9-19-6-4-16-5-7-19)14(20)13-3-2-12(10-15)11-17-13/h2-3,11,16H,4-9H2,1H3. The van der Waals surface area contributed by atoms with E-state index in [0.717, 1.165) is 32.7 Å². The van der Waals surface area contributed by atoms with Crippen LogP contribution < -0.4 is 5.32 Å². The zero-order valence-corrected chi connectivity index (χ0v) is 11.7. The number of hydrogen-bond acceptors (Lipinski definition) is 5. The molecule has 0 aromatic carbocycles. The number of carbonyl (C=O) groups is 1. The summed E-state index contributed by atoms with van der Waals surface area (Å²) in [4.78, 5) is 20.2. The Morgan fingerprint density at radius 2 is 2.25 bits per heavy atom. The fourth-order valence-corrected chi connectivity index (χ4v) is 2.11. The number of piperazine rings is 1. The number of nitriles is 1.